The summed E-state index contributed by atoms with van der Waals surface area (Å²) in [5, 5.41) is -0.994. The van der Waals surface area contributed by atoms with Gasteiger partial charge in [-0.1, -0.05) is 26.7 Å². The fourth-order valence-electron chi connectivity index (χ4n) is 1.43. The highest BCUT2D eigenvalue weighted by Crippen LogP contribution is 2.61. The highest BCUT2D eigenvalue weighted by Gasteiger charge is 2.35. The van der Waals surface area contributed by atoms with Gasteiger partial charge in [0.05, 0.1) is 19.6 Å². The van der Waals surface area contributed by atoms with Crippen LogP contribution >= 0.6 is 18.2 Å². The molecule has 7 nitrogen and oxygen atoms in total. The number of rotatable bonds is 13. The molecule has 23 heavy (non-hydrogen) atoms. The molecule has 136 valence electrons. The van der Waals surface area contributed by atoms with E-state index in [1.54, 1.807) is 0 Å². The minimum atomic E-state index is -3.51. The second kappa shape index (κ2) is 12.8. The molecule has 0 N–H and O–H groups in total. The van der Waals surface area contributed by atoms with Gasteiger partial charge >= 0.3 is 18.7 Å². The van der Waals surface area contributed by atoms with E-state index in [9.17, 15) is 14.2 Å². The van der Waals surface area contributed by atoms with Crippen LogP contribution in [0.5, 0.6) is 0 Å². The van der Waals surface area contributed by atoms with Crippen molar-refractivity contribution in [2.24, 2.45) is 0 Å². The zero-order valence-electron chi connectivity index (χ0n) is 14.2. The van der Waals surface area contributed by atoms with Crippen molar-refractivity contribution in [3.05, 3.63) is 0 Å². The largest absolute Gasteiger partial charge is 0.466 e. The summed E-state index contributed by atoms with van der Waals surface area (Å²) in [5.41, 5.74) is 0. The van der Waals surface area contributed by atoms with Crippen molar-refractivity contribution in [2.45, 2.75) is 51.2 Å². The molecule has 0 fully saturated rings. The molecule has 0 spiro atoms. The highest BCUT2D eigenvalue weighted by atomic mass is 32.7. The molecule has 0 heterocycles. The lowest BCUT2D eigenvalue weighted by atomic mass is 10.3. The number of esters is 2. The standard InChI is InChI=1S/C14H27O7PS/c1-5-7-9-20-13(15)11-12(14(16)21-10-8-6-2)23-22(17,18-3)19-4/h12H,5-11H2,1-4H3. The quantitative estimate of drug-likeness (QED) is 0.276. The Bertz CT molecular complexity index is 395. The molecule has 9 heteroatoms. The normalized spacial score (nSPS) is 12.7. The lowest BCUT2D eigenvalue weighted by Gasteiger charge is -2.19. The highest BCUT2D eigenvalue weighted by molar-refractivity contribution is 8.55. The Hall–Kier alpha value is -0.560. The van der Waals surface area contributed by atoms with E-state index >= 15 is 0 Å². The molecular weight excluding hydrogens is 343 g/mol. The topological polar surface area (TPSA) is 88.1 Å². The second-order valence-corrected chi connectivity index (χ2v) is 9.08. The maximum Gasteiger partial charge on any atom is 0.389 e. The van der Waals surface area contributed by atoms with Crippen LogP contribution in [-0.4, -0.2) is 44.6 Å². The maximum atomic E-state index is 12.2. The first-order valence-electron chi connectivity index (χ1n) is 7.64. The molecule has 0 aromatic carbocycles. The zero-order chi connectivity index (χ0) is 17.7. The smallest absolute Gasteiger partial charge is 0.389 e. The summed E-state index contributed by atoms with van der Waals surface area (Å²) in [6, 6.07) is 0. The summed E-state index contributed by atoms with van der Waals surface area (Å²) in [6.07, 6.45) is 3.00. The average Bonchev–Trinajstić information content (AvgIpc) is 2.54. The molecule has 0 bridgehead atoms. The first-order valence-corrected chi connectivity index (χ1v) is 10.7. The van der Waals surface area contributed by atoms with Gasteiger partial charge in [0.2, 0.25) is 0 Å². The van der Waals surface area contributed by atoms with Crippen molar-refractivity contribution in [1.29, 1.82) is 0 Å². The molecule has 0 saturated heterocycles. The van der Waals surface area contributed by atoms with Gasteiger partial charge in [-0.2, -0.15) is 0 Å². The fraction of sp³-hybridized carbons (Fsp3) is 0.857. The lowest BCUT2D eigenvalue weighted by molar-refractivity contribution is -0.149. The van der Waals surface area contributed by atoms with Crippen molar-refractivity contribution >= 4 is 30.1 Å². The van der Waals surface area contributed by atoms with Crippen molar-refractivity contribution in [1.82, 2.24) is 0 Å². The van der Waals surface area contributed by atoms with Gasteiger partial charge in [-0.15, -0.1) is 0 Å². The maximum absolute atomic E-state index is 12.2. The van der Waals surface area contributed by atoms with E-state index in [0.717, 1.165) is 25.7 Å². The number of carbonyl (C=O) groups excluding carboxylic acids is 2. The lowest BCUT2D eigenvalue weighted by Crippen LogP contribution is -2.25. The SMILES string of the molecule is CCCCOC(=O)CC(SP(=O)(OC)OC)C(=O)OCCCC. The van der Waals surface area contributed by atoms with Crippen molar-refractivity contribution in [3.8, 4) is 0 Å². The van der Waals surface area contributed by atoms with E-state index in [1.807, 2.05) is 13.8 Å². The van der Waals surface area contributed by atoms with Crippen LogP contribution in [0.1, 0.15) is 46.0 Å². The minimum Gasteiger partial charge on any atom is -0.466 e. The number of carbonyl (C=O) groups is 2. The second-order valence-electron chi connectivity index (χ2n) is 4.71. The van der Waals surface area contributed by atoms with Crippen LogP contribution in [-0.2, 0) is 32.7 Å². The van der Waals surface area contributed by atoms with E-state index in [2.05, 4.69) is 0 Å². The van der Waals surface area contributed by atoms with Crippen LogP contribution in [0.25, 0.3) is 0 Å². The molecule has 1 atom stereocenters. The molecular formula is C14H27O7PS. The van der Waals surface area contributed by atoms with Gasteiger partial charge in [0.25, 0.3) is 0 Å². The van der Waals surface area contributed by atoms with E-state index in [1.165, 1.54) is 14.2 Å². The Balaban J connectivity index is 4.75. The Morgan fingerprint density at radius 3 is 2.00 bits per heavy atom. The van der Waals surface area contributed by atoms with Crippen LogP contribution in [0, 0.1) is 0 Å². The number of ether oxygens (including phenoxy) is 2. The van der Waals surface area contributed by atoms with Gasteiger partial charge in [0, 0.05) is 14.2 Å². The predicted octanol–water partition coefficient (Wildman–Crippen LogP) is 3.57. The van der Waals surface area contributed by atoms with E-state index in [-0.39, 0.29) is 13.0 Å². The number of hydrogen-bond donors (Lipinski definition) is 0. The molecule has 0 aromatic heterocycles. The molecule has 0 radical (unpaired) electrons. The molecule has 0 amide bonds. The third-order valence-electron chi connectivity index (χ3n) is 2.82. The van der Waals surface area contributed by atoms with Gasteiger partial charge < -0.3 is 18.5 Å². The summed E-state index contributed by atoms with van der Waals surface area (Å²) in [6.45, 7) is 0.982. The van der Waals surface area contributed by atoms with Gasteiger partial charge in [-0.3, -0.25) is 9.59 Å². The number of hydrogen-bond acceptors (Lipinski definition) is 8. The molecule has 1 unspecified atom stereocenters. The minimum absolute atomic E-state index is 0.240. The fourth-order valence-corrected chi connectivity index (χ4v) is 4.36. The summed E-state index contributed by atoms with van der Waals surface area (Å²) in [4.78, 5) is 23.9. The molecule has 0 aliphatic carbocycles. The molecule has 0 aliphatic heterocycles. The van der Waals surface area contributed by atoms with Crippen LogP contribution in [0.2, 0.25) is 0 Å². The van der Waals surface area contributed by atoms with E-state index in [4.69, 9.17) is 18.5 Å². The number of unbranched alkanes of at least 4 members (excludes halogenated alkanes) is 2. The summed E-state index contributed by atoms with van der Waals surface area (Å²) >= 11 is 0.662. The van der Waals surface area contributed by atoms with E-state index < -0.39 is 24.0 Å². The summed E-state index contributed by atoms with van der Waals surface area (Å²) in [7, 11) is 2.44. The third-order valence-corrected chi connectivity index (χ3v) is 7.02. The van der Waals surface area contributed by atoms with Crippen molar-refractivity contribution in [2.75, 3.05) is 27.4 Å². The molecule has 0 aromatic rings. The van der Waals surface area contributed by atoms with Crippen LogP contribution < -0.4 is 0 Å². The summed E-state index contributed by atoms with van der Waals surface area (Å²) in [5.74, 6) is -1.16. The Morgan fingerprint density at radius 2 is 1.52 bits per heavy atom. The Labute approximate surface area is 142 Å². The monoisotopic (exact) mass is 370 g/mol. The van der Waals surface area contributed by atoms with E-state index in [0.29, 0.717) is 18.0 Å². The Morgan fingerprint density at radius 1 is 1.00 bits per heavy atom. The van der Waals surface area contributed by atoms with Gasteiger partial charge in [0.15, 0.2) is 0 Å². The summed E-state index contributed by atoms with van der Waals surface area (Å²) < 4.78 is 32.0. The van der Waals surface area contributed by atoms with Crippen molar-refractivity contribution < 1.29 is 32.7 Å². The third kappa shape index (κ3) is 10.0. The van der Waals surface area contributed by atoms with Gasteiger partial charge in [-0.25, -0.2) is 4.57 Å². The average molecular weight is 370 g/mol. The van der Waals surface area contributed by atoms with Crippen molar-refractivity contribution in [3.63, 3.8) is 0 Å². The molecule has 0 aliphatic rings. The Kier molecular flexibility index (Phi) is 12.5. The first-order chi connectivity index (χ1) is 10.9. The predicted molar refractivity (Wildman–Crippen MR) is 89.4 cm³/mol. The van der Waals surface area contributed by atoms with Crippen LogP contribution in [0.3, 0.4) is 0 Å². The van der Waals surface area contributed by atoms with Gasteiger partial charge in [0.1, 0.15) is 5.25 Å². The first kappa shape index (κ1) is 22.4. The molecule has 0 rings (SSSR count). The van der Waals surface area contributed by atoms with Gasteiger partial charge in [-0.05, 0) is 24.2 Å². The van der Waals surface area contributed by atoms with Crippen LogP contribution in [0.15, 0.2) is 0 Å². The molecule has 0 saturated carbocycles. The zero-order valence-corrected chi connectivity index (χ0v) is 16.0. The van der Waals surface area contributed by atoms with Crippen LogP contribution in [0.4, 0.5) is 0 Å².